The van der Waals surface area contributed by atoms with E-state index in [2.05, 4.69) is 20.8 Å². The van der Waals surface area contributed by atoms with E-state index in [1.54, 1.807) is 6.92 Å². The summed E-state index contributed by atoms with van der Waals surface area (Å²) in [6.45, 7) is 11.0. The molecule has 1 rings (SSSR count). The maximum Gasteiger partial charge on any atom is 0.508 e. The normalized spacial score (nSPS) is 26.2. The van der Waals surface area contributed by atoms with E-state index in [1.807, 2.05) is 6.92 Å². The number of hydrogen-bond acceptors (Lipinski definition) is 3. The van der Waals surface area contributed by atoms with Gasteiger partial charge in [-0.05, 0) is 43.9 Å². The lowest BCUT2D eigenvalue weighted by Gasteiger charge is -2.39. The average molecular weight is 256 g/mol. The Morgan fingerprint density at radius 2 is 2.06 bits per heavy atom. The molecule has 0 N–H and O–H groups in total. The molecule has 106 valence electrons. The summed E-state index contributed by atoms with van der Waals surface area (Å²) < 4.78 is 10.1. The summed E-state index contributed by atoms with van der Waals surface area (Å²) in [5.74, 6) is 1.05. The molecule has 0 aromatic heterocycles. The van der Waals surface area contributed by atoms with Crippen LogP contribution in [0.2, 0.25) is 0 Å². The molecule has 3 nitrogen and oxygen atoms in total. The van der Waals surface area contributed by atoms with Gasteiger partial charge in [-0.25, -0.2) is 4.79 Å². The van der Waals surface area contributed by atoms with Crippen LogP contribution in [0.15, 0.2) is 0 Å². The van der Waals surface area contributed by atoms with Crippen LogP contribution in [-0.4, -0.2) is 18.9 Å². The van der Waals surface area contributed by atoms with Crippen LogP contribution in [0.1, 0.15) is 60.3 Å². The SMILES string of the molecule is CCOC(=O)OC(C)C(C)C1CCCC(C)(C)C1. The second-order valence-electron chi connectivity index (χ2n) is 6.39. The van der Waals surface area contributed by atoms with Gasteiger partial charge < -0.3 is 9.47 Å². The van der Waals surface area contributed by atoms with Crippen molar-refractivity contribution < 1.29 is 14.3 Å². The Morgan fingerprint density at radius 3 is 2.61 bits per heavy atom. The summed E-state index contributed by atoms with van der Waals surface area (Å²) >= 11 is 0. The van der Waals surface area contributed by atoms with Gasteiger partial charge in [-0.3, -0.25) is 0 Å². The minimum Gasteiger partial charge on any atom is -0.435 e. The molecule has 3 heteroatoms. The Hall–Kier alpha value is -0.730. The third-order valence-electron chi connectivity index (χ3n) is 4.27. The van der Waals surface area contributed by atoms with Gasteiger partial charge in [0, 0.05) is 0 Å². The van der Waals surface area contributed by atoms with Crippen molar-refractivity contribution >= 4 is 6.16 Å². The molecule has 0 aliphatic heterocycles. The molecule has 0 saturated heterocycles. The zero-order chi connectivity index (χ0) is 13.8. The van der Waals surface area contributed by atoms with Crippen molar-refractivity contribution in [3.05, 3.63) is 0 Å². The summed E-state index contributed by atoms with van der Waals surface area (Å²) in [5, 5.41) is 0. The molecule has 1 aliphatic rings. The molecule has 0 spiro atoms. The largest absolute Gasteiger partial charge is 0.508 e. The number of rotatable bonds is 4. The predicted octanol–water partition coefficient (Wildman–Crippen LogP) is 4.40. The Labute approximate surface area is 111 Å². The minimum atomic E-state index is -0.535. The van der Waals surface area contributed by atoms with Gasteiger partial charge in [0.15, 0.2) is 0 Å². The molecule has 0 aromatic rings. The van der Waals surface area contributed by atoms with Gasteiger partial charge in [-0.2, -0.15) is 0 Å². The number of ether oxygens (including phenoxy) is 2. The Bertz CT molecular complexity index is 273. The molecule has 1 aliphatic carbocycles. The van der Waals surface area contributed by atoms with Crippen LogP contribution in [0.25, 0.3) is 0 Å². The third kappa shape index (κ3) is 4.51. The molecule has 0 radical (unpaired) electrons. The maximum atomic E-state index is 11.3. The highest BCUT2D eigenvalue weighted by Crippen LogP contribution is 2.42. The molecule has 0 bridgehead atoms. The minimum absolute atomic E-state index is 0.0667. The van der Waals surface area contributed by atoms with Gasteiger partial charge in [-0.15, -0.1) is 0 Å². The van der Waals surface area contributed by atoms with Gasteiger partial charge in [0.1, 0.15) is 6.10 Å². The first-order valence-electron chi connectivity index (χ1n) is 7.19. The highest BCUT2D eigenvalue weighted by Gasteiger charge is 2.34. The van der Waals surface area contributed by atoms with Crippen LogP contribution < -0.4 is 0 Å². The first-order valence-corrected chi connectivity index (χ1v) is 7.19. The molecule has 3 atom stereocenters. The summed E-state index contributed by atoms with van der Waals surface area (Å²) in [6.07, 6.45) is 4.47. The van der Waals surface area contributed by atoms with E-state index in [9.17, 15) is 4.79 Å². The van der Waals surface area contributed by atoms with Gasteiger partial charge in [0.2, 0.25) is 0 Å². The first kappa shape index (κ1) is 15.3. The van der Waals surface area contributed by atoms with Gasteiger partial charge >= 0.3 is 6.16 Å². The van der Waals surface area contributed by atoms with E-state index in [0.717, 1.165) is 0 Å². The number of hydrogen-bond donors (Lipinski definition) is 0. The van der Waals surface area contributed by atoms with E-state index in [1.165, 1.54) is 25.7 Å². The lowest BCUT2D eigenvalue weighted by molar-refractivity contribution is -0.00713. The molecule has 3 unspecified atom stereocenters. The highest BCUT2D eigenvalue weighted by atomic mass is 16.7. The zero-order valence-corrected chi connectivity index (χ0v) is 12.5. The molecule has 1 fully saturated rings. The van der Waals surface area contributed by atoms with Crippen molar-refractivity contribution in [1.29, 1.82) is 0 Å². The molecule has 0 aromatic carbocycles. The number of carbonyl (C=O) groups excluding carboxylic acids is 1. The van der Waals surface area contributed by atoms with Crippen molar-refractivity contribution in [3.8, 4) is 0 Å². The van der Waals surface area contributed by atoms with Crippen LogP contribution in [0.5, 0.6) is 0 Å². The lowest BCUT2D eigenvalue weighted by atomic mass is 9.68. The topological polar surface area (TPSA) is 35.5 Å². The standard InChI is InChI=1S/C15H28O3/c1-6-17-14(16)18-12(3)11(2)13-8-7-9-15(4,5)10-13/h11-13H,6-10H2,1-5H3. The van der Waals surface area contributed by atoms with Crippen molar-refractivity contribution in [2.75, 3.05) is 6.61 Å². The van der Waals surface area contributed by atoms with Crippen molar-refractivity contribution in [1.82, 2.24) is 0 Å². The summed E-state index contributed by atoms with van der Waals surface area (Å²) in [4.78, 5) is 11.3. The van der Waals surface area contributed by atoms with Crippen molar-refractivity contribution in [3.63, 3.8) is 0 Å². The number of carbonyl (C=O) groups is 1. The smallest absolute Gasteiger partial charge is 0.435 e. The summed E-state index contributed by atoms with van der Waals surface area (Å²) in [5.41, 5.74) is 0.431. The maximum absolute atomic E-state index is 11.3. The van der Waals surface area contributed by atoms with Gasteiger partial charge in [0.25, 0.3) is 0 Å². The fourth-order valence-electron chi connectivity index (χ4n) is 3.00. The van der Waals surface area contributed by atoms with Crippen molar-refractivity contribution in [2.45, 2.75) is 66.4 Å². The molecule has 1 saturated carbocycles. The molecular formula is C15H28O3. The van der Waals surface area contributed by atoms with Crippen LogP contribution in [0, 0.1) is 17.3 Å². The molecule has 0 heterocycles. The molecule has 0 amide bonds. The Balaban J connectivity index is 2.47. The Kier molecular flexibility index (Phi) is 5.48. The molecule has 18 heavy (non-hydrogen) atoms. The van der Waals surface area contributed by atoms with Crippen LogP contribution in [0.3, 0.4) is 0 Å². The third-order valence-corrected chi connectivity index (χ3v) is 4.27. The van der Waals surface area contributed by atoms with Crippen LogP contribution in [-0.2, 0) is 9.47 Å². The zero-order valence-electron chi connectivity index (χ0n) is 12.5. The molecular weight excluding hydrogens is 228 g/mol. The van der Waals surface area contributed by atoms with E-state index < -0.39 is 6.16 Å². The Morgan fingerprint density at radius 1 is 1.39 bits per heavy atom. The fraction of sp³-hybridized carbons (Fsp3) is 0.933. The van der Waals surface area contributed by atoms with E-state index >= 15 is 0 Å². The quantitative estimate of drug-likeness (QED) is 0.699. The summed E-state index contributed by atoms with van der Waals surface area (Å²) in [7, 11) is 0. The van der Waals surface area contributed by atoms with Gasteiger partial charge in [-0.1, -0.05) is 33.6 Å². The van der Waals surface area contributed by atoms with Crippen molar-refractivity contribution in [2.24, 2.45) is 17.3 Å². The average Bonchev–Trinajstić information content (AvgIpc) is 2.26. The first-order chi connectivity index (χ1) is 8.35. The van der Waals surface area contributed by atoms with E-state index in [-0.39, 0.29) is 6.10 Å². The van der Waals surface area contributed by atoms with E-state index in [0.29, 0.717) is 23.9 Å². The van der Waals surface area contributed by atoms with Crippen LogP contribution >= 0.6 is 0 Å². The monoisotopic (exact) mass is 256 g/mol. The highest BCUT2D eigenvalue weighted by molar-refractivity contribution is 5.60. The second-order valence-corrected chi connectivity index (χ2v) is 6.39. The van der Waals surface area contributed by atoms with Gasteiger partial charge in [0.05, 0.1) is 6.61 Å². The second kappa shape index (κ2) is 6.44. The summed E-state index contributed by atoms with van der Waals surface area (Å²) in [6, 6.07) is 0. The predicted molar refractivity (Wildman–Crippen MR) is 72.5 cm³/mol. The van der Waals surface area contributed by atoms with Crippen LogP contribution in [0.4, 0.5) is 4.79 Å². The van der Waals surface area contributed by atoms with E-state index in [4.69, 9.17) is 9.47 Å². The fourth-order valence-corrected chi connectivity index (χ4v) is 3.00. The lowest BCUT2D eigenvalue weighted by Crippen LogP contribution is -2.33.